The van der Waals surface area contributed by atoms with E-state index in [0.717, 1.165) is 25.9 Å². The van der Waals surface area contributed by atoms with E-state index in [1.54, 1.807) is 4.31 Å². The third kappa shape index (κ3) is 2.63. The highest BCUT2D eigenvalue weighted by Gasteiger charge is 2.40. The standard InChI is InChI=1S/C15H18ClN3O2S/c1-11-9-18-6-2-3-13(18)10-19(11)22(20,21)14-4-5-15(16)12(7-14)8-17/h4-5,7,11,13H,2-3,6,9-10H2,1H3/t11-,13+/m0/s1. The van der Waals surface area contributed by atoms with Gasteiger partial charge in [0.15, 0.2) is 0 Å². The van der Waals surface area contributed by atoms with Gasteiger partial charge in [0.2, 0.25) is 10.0 Å². The van der Waals surface area contributed by atoms with Crippen LogP contribution in [0, 0.1) is 11.3 Å². The molecule has 0 bridgehead atoms. The summed E-state index contributed by atoms with van der Waals surface area (Å²) in [5, 5.41) is 9.32. The number of fused-ring (bicyclic) bond motifs is 1. The van der Waals surface area contributed by atoms with Crippen molar-refractivity contribution in [3.63, 3.8) is 0 Å². The Morgan fingerprint density at radius 2 is 2.14 bits per heavy atom. The molecule has 0 radical (unpaired) electrons. The monoisotopic (exact) mass is 339 g/mol. The lowest BCUT2D eigenvalue weighted by molar-refractivity contribution is 0.117. The Morgan fingerprint density at radius 1 is 1.36 bits per heavy atom. The van der Waals surface area contributed by atoms with Gasteiger partial charge in [-0.05, 0) is 44.5 Å². The molecule has 0 amide bonds. The second-order valence-electron chi connectivity index (χ2n) is 5.97. The molecule has 0 spiro atoms. The van der Waals surface area contributed by atoms with Crippen molar-refractivity contribution in [1.29, 1.82) is 5.26 Å². The smallest absolute Gasteiger partial charge is 0.243 e. The van der Waals surface area contributed by atoms with Crippen LogP contribution in [0.15, 0.2) is 23.1 Å². The first kappa shape index (κ1) is 15.8. The van der Waals surface area contributed by atoms with E-state index in [-0.39, 0.29) is 21.5 Å². The van der Waals surface area contributed by atoms with Crippen LogP contribution in [0.2, 0.25) is 5.02 Å². The molecule has 7 heteroatoms. The van der Waals surface area contributed by atoms with Crippen molar-refractivity contribution in [3.8, 4) is 6.07 Å². The van der Waals surface area contributed by atoms with Gasteiger partial charge in [0, 0.05) is 25.2 Å². The molecular formula is C15H18ClN3O2S. The minimum absolute atomic E-state index is 0.0689. The Balaban J connectivity index is 1.94. The van der Waals surface area contributed by atoms with Crippen LogP contribution in [0.5, 0.6) is 0 Å². The van der Waals surface area contributed by atoms with Crippen molar-refractivity contribution in [1.82, 2.24) is 9.21 Å². The number of sulfonamides is 1. The van der Waals surface area contributed by atoms with Gasteiger partial charge in [-0.1, -0.05) is 11.6 Å². The summed E-state index contributed by atoms with van der Waals surface area (Å²) in [5.41, 5.74) is 0.190. The van der Waals surface area contributed by atoms with Crippen molar-refractivity contribution in [3.05, 3.63) is 28.8 Å². The number of benzene rings is 1. The van der Waals surface area contributed by atoms with Gasteiger partial charge >= 0.3 is 0 Å². The molecule has 2 aliphatic heterocycles. The van der Waals surface area contributed by atoms with Gasteiger partial charge in [0.1, 0.15) is 6.07 Å². The summed E-state index contributed by atoms with van der Waals surface area (Å²) in [6, 6.07) is 6.50. The van der Waals surface area contributed by atoms with Crippen LogP contribution in [-0.4, -0.2) is 49.3 Å². The predicted octanol–water partition coefficient (Wildman–Crippen LogP) is 2.07. The lowest BCUT2D eigenvalue weighted by Crippen LogP contribution is -2.56. The van der Waals surface area contributed by atoms with Gasteiger partial charge in [0.05, 0.1) is 15.5 Å². The predicted molar refractivity (Wildman–Crippen MR) is 84.1 cm³/mol. The molecular weight excluding hydrogens is 322 g/mol. The second kappa shape index (κ2) is 5.82. The Hall–Kier alpha value is -1.13. The van der Waals surface area contributed by atoms with Crippen LogP contribution >= 0.6 is 11.6 Å². The minimum Gasteiger partial charge on any atom is -0.297 e. The number of nitrogens with zero attached hydrogens (tertiary/aromatic N) is 3. The summed E-state index contributed by atoms with van der Waals surface area (Å²) in [5.74, 6) is 0. The zero-order chi connectivity index (χ0) is 15.9. The van der Waals surface area contributed by atoms with Gasteiger partial charge in [-0.25, -0.2) is 8.42 Å². The Morgan fingerprint density at radius 3 is 2.86 bits per heavy atom. The number of hydrogen-bond donors (Lipinski definition) is 0. The minimum atomic E-state index is -3.60. The maximum Gasteiger partial charge on any atom is 0.243 e. The molecule has 118 valence electrons. The van der Waals surface area contributed by atoms with E-state index in [1.165, 1.54) is 18.2 Å². The molecule has 1 aromatic rings. The maximum atomic E-state index is 12.9. The first-order valence-corrected chi connectivity index (χ1v) is 9.21. The van der Waals surface area contributed by atoms with Crippen LogP contribution in [0.3, 0.4) is 0 Å². The average molecular weight is 340 g/mol. The first-order valence-electron chi connectivity index (χ1n) is 7.39. The maximum absolute atomic E-state index is 12.9. The highest BCUT2D eigenvalue weighted by Crippen LogP contribution is 2.30. The molecule has 2 aliphatic rings. The topological polar surface area (TPSA) is 64.4 Å². The summed E-state index contributed by atoms with van der Waals surface area (Å²) in [6.07, 6.45) is 2.17. The fourth-order valence-electron chi connectivity index (χ4n) is 3.38. The Bertz CT molecular complexity index is 729. The zero-order valence-corrected chi connectivity index (χ0v) is 13.9. The van der Waals surface area contributed by atoms with Crippen molar-refractivity contribution in [2.45, 2.75) is 36.7 Å². The molecule has 0 saturated carbocycles. The zero-order valence-electron chi connectivity index (χ0n) is 12.4. The fourth-order valence-corrected chi connectivity index (χ4v) is 5.23. The summed E-state index contributed by atoms with van der Waals surface area (Å²) < 4.78 is 27.4. The van der Waals surface area contributed by atoms with E-state index in [0.29, 0.717) is 12.6 Å². The molecule has 0 unspecified atom stereocenters. The van der Waals surface area contributed by atoms with Crippen LogP contribution in [0.25, 0.3) is 0 Å². The SMILES string of the molecule is C[C@H]1CN2CCC[C@@H]2CN1S(=O)(=O)c1ccc(Cl)c(C#N)c1. The molecule has 2 saturated heterocycles. The quantitative estimate of drug-likeness (QED) is 0.827. The molecule has 2 atom stereocenters. The van der Waals surface area contributed by atoms with Crippen LogP contribution in [0.4, 0.5) is 0 Å². The number of nitriles is 1. The fraction of sp³-hybridized carbons (Fsp3) is 0.533. The first-order chi connectivity index (χ1) is 10.4. The third-order valence-electron chi connectivity index (χ3n) is 4.54. The Labute approximate surface area is 136 Å². The molecule has 0 aromatic heterocycles. The molecule has 3 rings (SSSR count). The van der Waals surface area contributed by atoms with E-state index < -0.39 is 10.0 Å². The normalized spacial score (nSPS) is 26.6. The van der Waals surface area contributed by atoms with Crippen LogP contribution in [-0.2, 0) is 10.0 Å². The number of halogens is 1. The summed E-state index contributed by atoms with van der Waals surface area (Å²) in [7, 11) is -3.60. The lowest BCUT2D eigenvalue weighted by atomic mass is 10.1. The summed E-state index contributed by atoms with van der Waals surface area (Å²) in [6.45, 7) is 4.28. The van der Waals surface area contributed by atoms with Gasteiger partial charge in [-0.3, -0.25) is 4.90 Å². The van der Waals surface area contributed by atoms with Crippen LogP contribution in [0.1, 0.15) is 25.3 Å². The molecule has 0 aliphatic carbocycles. The highest BCUT2D eigenvalue weighted by molar-refractivity contribution is 7.89. The van der Waals surface area contributed by atoms with Gasteiger partial charge in [-0.15, -0.1) is 0 Å². The Kier molecular flexibility index (Phi) is 4.17. The summed E-state index contributed by atoms with van der Waals surface area (Å²) >= 11 is 5.90. The molecule has 0 N–H and O–H groups in total. The number of rotatable bonds is 2. The number of hydrogen-bond acceptors (Lipinski definition) is 4. The average Bonchev–Trinajstić information content (AvgIpc) is 2.93. The van der Waals surface area contributed by atoms with Gasteiger partial charge in [0.25, 0.3) is 0 Å². The third-order valence-corrected chi connectivity index (χ3v) is 6.85. The molecule has 1 aromatic carbocycles. The molecule has 22 heavy (non-hydrogen) atoms. The van der Waals surface area contributed by atoms with Crippen molar-refractivity contribution in [2.75, 3.05) is 19.6 Å². The van der Waals surface area contributed by atoms with E-state index in [2.05, 4.69) is 4.90 Å². The highest BCUT2D eigenvalue weighted by atomic mass is 35.5. The van der Waals surface area contributed by atoms with Crippen molar-refractivity contribution >= 4 is 21.6 Å². The van der Waals surface area contributed by atoms with E-state index in [1.807, 2.05) is 13.0 Å². The van der Waals surface area contributed by atoms with E-state index in [9.17, 15) is 8.42 Å². The van der Waals surface area contributed by atoms with Gasteiger partial charge in [-0.2, -0.15) is 9.57 Å². The molecule has 2 fully saturated rings. The van der Waals surface area contributed by atoms with Crippen LogP contribution < -0.4 is 0 Å². The summed E-state index contributed by atoms with van der Waals surface area (Å²) in [4.78, 5) is 2.52. The van der Waals surface area contributed by atoms with Crippen molar-refractivity contribution in [2.24, 2.45) is 0 Å². The number of piperazine rings is 1. The van der Waals surface area contributed by atoms with Crippen molar-refractivity contribution < 1.29 is 8.42 Å². The molecule has 5 nitrogen and oxygen atoms in total. The van der Waals surface area contributed by atoms with E-state index >= 15 is 0 Å². The molecule has 2 heterocycles. The largest absolute Gasteiger partial charge is 0.297 e. The van der Waals surface area contributed by atoms with Gasteiger partial charge < -0.3 is 0 Å². The lowest BCUT2D eigenvalue weighted by Gasteiger charge is -2.41. The van der Waals surface area contributed by atoms with E-state index in [4.69, 9.17) is 16.9 Å². The second-order valence-corrected chi connectivity index (χ2v) is 8.27.